The summed E-state index contributed by atoms with van der Waals surface area (Å²) < 4.78 is 35.9. The van der Waals surface area contributed by atoms with Crippen molar-refractivity contribution in [3.8, 4) is 0 Å². The van der Waals surface area contributed by atoms with E-state index in [1.165, 1.54) is 68.8 Å². The van der Waals surface area contributed by atoms with E-state index in [-0.39, 0.29) is 18.5 Å². The molecular weight excluding hydrogens is 707 g/mol. The lowest BCUT2D eigenvalue weighted by atomic mass is 9.55. The second-order valence-corrected chi connectivity index (χ2v) is 16.8. The van der Waals surface area contributed by atoms with Gasteiger partial charge in [0.25, 0.3) is 6.47 Å². The van der Waals surface area contributed by atoms with Gasteiger partial charge in [-0.3, -0.25) is 4.79 Å². The smallest absolute Gasteiger partial charge is 0.290 e. The van der Waals surface area contributed by atoms with Gasteiger partial charge in [0.15, 0.2) is 0 Å². The van der Waals surface area contributed by atoms with Crippen LogP contribution in [0.5, 0.6) is 0 Å². The number of nitrogens with zero attached hydrogens (tertiary/aromatic N) is 1. The van der Waals surface area contributed by atoms with Crippen molar-refractivity contribution < 1.29 is 33.3 Å². The average Bonchev–Trinajstić information content (AvgIpc) is 3.53. The molecule has 7 atom stereocenters. The molecule has 7 nitrogen and oxygen atoms in total. The van der Waals surface area contributed by atoms with Crippen LogP contribution >= 0.6 is 12.6 Å². The van der Waals surface area contributed by atoms with Crippen LogP contribution in [-0.2, 0) is 20.7 Å². The van der Waals surface area contributed by atoms with Crippen molar-refractivity contribution in [2.45, 2.75) is 130 Å². The summed E-state index contributed by atoms with van der Waals surface area (Å²) in [5.74, 6) is 2.85. The first-order valence-corrected chi connectivity index (χ1v) is 21.0. The molecule has 10 heteroatoms. The number of aliphatic hydroxyl groups is 1. The molecule has 0 bridgehead atoms. The van der Waals surface area contributed by atoms with E-state index >= 15 is 0 Å². The molecule has 2 aromatic carbocycles. The first-order valence-electron chi connectivity index (χ1n) is 20.4. The molecule has 3 fully saturated rings. The Hall–Kier alpha value is -2.40. The summed E-state index contributed by atoms with van der Waals surface area (Å²) in [5, 5.41) is 19.8. The largest absolute Gasteiger partial charge is 0.483 e. The summed E-state index contributed by atoms with van der Waals surface area (Å²) in [7, 11) is 0. The van der Waals surface area contributed by atoms with Crippen LogP contribution in [0.15, 0.2) is 42.5 Å². The molecule has 0 amide bonds. The number of hydrogen-bond donors (Lipinski definition) is 4. The van der Waals surface area contributed by atoms with Crippen LogP contribution in [0.2, 0.25) is 0 Å². The second kappa shape index (κ2) is 23.0. The molecule has 1 heterocycles. The standard InChI is InChI=1S/C30H40N2O3.C7H16.C6H12F2S.CH2O2/c1-30-13-12-26-25-9-5-23(31-22-3-6-24(7-4-22)32-14-17-34-18-15-32)20-21(25)2-8-27(26)28(30)10-11-29(30)35-19-16-33;1-5-7(3,4)6-2;1-5(7)6(8)3-2-4-9;2-1-3/h3-7,9,20,26-29,31,33H,2,8,10-19H2,1H3;5-6H2,1-4H3;5-6,9H,2-4H2,1H3;1H,(H,2,3). The highest BCUT2D eigenvalue weighted by atomic mass is 32.1. The van der Waals surface area contributed by atoms with E-state index in [1.54, 1.807) is 5.56 Å². The molecule has 0 aromatic heterocycles. The number of aliphatic hydroxyl groups excluding tert-OH is 1. The summed E-state index contributed by atoms with van der Waals surface area (Å²) in [6.45, 7) is 16.7. The number of morpholine rings is 1. The van der Waals surface area contributed by atoms with E-state index in [2.05, 4.69) is 99.9 Å². The zero-order valence-corrected chi connectivity index (χ0v) is 34.8. The summed E-state index contributed by atoms with van der Waals surface area (Å²) in [6.07, 6.45) is 8.65. The van der Waals surface area contributed by atoms with Crippen LogP contribution in [0.1, 0.15) is 116 Å². The highest BCUT2D eigenvalue weighted by Gasteiger charge is 2.55. The van der Waals surface area contributed by atoms with E-state index < -0.39 is 12.3 Å². The fourth-order valence-electron chi connectivity index (χ4n) is 8.59. The summed E-state index contributed by atoms with van der Waals surface area (Å²) >= 11 is 3.87. The van der Waals surface area contributed by atoms with Gasteiger partial charge in [-0.2, -0.15) is 12.6 Å². The van der Waals surface area contributed by atoms with Gasteiger partial charge in [-0.25, -0.2) is 8.78 Å². The second-order valence-electron chi connectivity index (χ2n) is 16.3. The molecule has 1 aliphatic heterocycles. The van der Waals surface area contributed by atoms with E-state index in [4.69, 9.17) is 19.4 Å². The van der Waals surface area contributed by atoms with Crippen LogP contribution in [0.25, 0.3) is 0 Å². The maximum Gasteiger partial charge on any atom is 0.290 e. The maximum atomic E-state index is 12.3. The molecule has 7 unspecified atom stereocenters. The Balaban J connectivity index is 0.000000343. The molecule has 6 rings (SSSR count). The van der Waals surface area contributed by atoms with Crippen LogP contribution in [0.4, 0.5) is 25.8 Å². The fraction of sp³-hybridized carbons (Fsp3) is 0.705. The number of halogens is 2. The number of carbonyl (C=O) groups is 1. The minimum Gasteiger partial charge on any atom is -0.483 e. The minimum absolute atomic E-state index is 0.130. The third-order valence-electron chi connectivity index (χ3n) is 12.6. The van der Waals surface area contributed by atoms with Crippen molar-refractivity contribution in [3.05, 3.63) is 53.6 Å². The molecule has 0 radical (unpaired) electrons. The van der Waals surface area contributed by atoms with Crippen molar-refractivity contribution in [3.63, 3.8) is 0 Å². The molecule has 3 N–H and O–H groups in total. The number of ether oxygens (including phenoxy) is 2. The molecule has 1 saturated heterocycles. The van der Waals surface area contributed by atoms with E-state index in [0.717, 1.165) is 50.2 Å². The van der Waals surface area contributed by atoms with Gasteiger partial charge in [-0.1, -0.05) is 53.5 Å². The maximum absolute atomic E-state index is 12.3. The highest BCUT2D eigenvalue weighted by molar-refractivity contribution is 7.80. The normalized spacial score (nSPS) is 25.4. The van der Waals surface area contributed by atoms with Gasteiger partial charge in [0.05, 0.1) is 32.5 Å². The fourth-order valence-corrected chi connectivity index (χ4v) is 8.77. The number of hydrogen-bond acceptors (Lipinski definition) is 7. The predicted octanol–water partition coefficient (Wildman–Crippen LogP) is 10.4. The third kappa shape index (κ3) is 13.1. The van der Waals surface area contributed by atoms with Gasteiger partial charge in [0, 0.05) is 30.2 Å². The van der Waals surface area contributed by atoms with Crippen molar-refractivity contribution >= 4 is 36.2 Å². The summed E-state index contributed by atoms with van der Waals surface area (Å²) in [5.41, 5.74) is 7.61. The highest BCUT2D eigenvalue weighted by Crippen LogP contribution is 2.61. The Bertz CT molecular complexity index is 1350. The third-order valence-corrected chi connectivity index (χ3v) is 12.9. The van der Waals surface area contributed by atoms with Crippen molar-refractivity contribution in [2.24, 2.45) is 22.7 Å². The monoisotopic (exact) mass is 776 g/mol. The zero-order chi connectivity index (χ0) is 39.7. The van der Waals surface area contributed by atoms with Crippen LogP contribution in [-0.4, -0.2) is 80.4 Å². The molecule has 0 spiro atoms. The van der Waals surface area contributed by atoms with Gasteiger partial charge >= 0.3 is 0 Å². The lowest BCUT2D eigenvalue weighted by Crippen LogP contribution is -2.44. The number of aryl methyl sites for hydroxylation is 1. The SMILES string of the molecule is CC(F)C(F)CCCS.CC12CCC3c4ccc(Nc5ccc(N6CCOCC6)cc5)cc4CCC3C1CCC2OCCO.CCC(C)(C)CC.O=CO. The number of carboxylic acid groups (broad SMARTS) is 1. The van der Waals surface area contributed by atoms with Crippen LogP contribution in [0.3, 0.4) is 0 Å². The lowest BCUT2D eigenvalue weighted by molar-refractivity contribution is -0.122. The Labute approximate surface area is 330 Å². The van der Waals surface area contributed by atoms with Crippen LogP contribution in [0, 0.1) is 22.7 Å². The predicted molar refractivity (Wildman–Crippen MR) is 222 cm³/mol. The summed E-state index contributed by atoms with van der Waals surface area (Å²) in [6, 6.07) is 15.9. The van der Waals surface area contributed by atoms with Crippen molar-refractivity contribution in [2.75, 3.05) is 55.5 Å². The van der Waals surface area contributed by atoms with Gasteiger partial charge in [0.1, 0.15) is 12.3 Å². The number of thiol groups is 1. The Kier molecular flexibility index (Phi) is 19.6. The zero-order valence-electron chi connectivity index (χ0n) is 33.9. The number of alkyl halides is 2. The molecule has 2 aromatic rings. The Morgan fingerprint density at radius 2 is 1.70 bits per heavy atom. The van der Waals surface area contributed by atoms with Gasteiger partial charge in [-0.05, 0) is 140 Å². The number of rotatable bonds is 12. The van der Waals surface area contributed by atoms with Gasteiger partial charge < -0.3 is 29.9 Å². The molecule has 4 aliphatic rings. The van der Waals surface area contributed by atoms with Crippen molar-refractivity contribution in [1.29, 1.82) is 0 Å². The summed E-state index contributed by atoms with van der Waals surface area (Å²) in [4.78, 5) is 10.8. The average molecular weight is 777 g/mol. The number of nitrogens with one attached hydrogen (secondary N) is 1. The molecule has 306 valence electrons. The topological polar surface area (TPSA) is 91.3 Å². The molecule has 3 aliphatic carbocycles. The number of fused-ring (bicyclic) bond motifs is 5. The molecule has 54 heavy (non-hydrogen) atoms. The van der Waals surface area contributed by atoms with Gasteiger partial charge in [0.2, 0.25) is 0 Å². The lowest BCUT2D eigenvalue weighted by Gasteiger charge is -2.50. The van der Waals surface area contributed by atoms with Gasteiger partial charge in [-0.15, -0.1) is 0 Å². The minimum atomic E-state index is -1.33. The van der Waals surface area contributed by atoms with E-state index in [1.807, 2.05) is 0 Å². The van der Waals surface area contributed by atoms with Crippen molar-refractivity contribution in [1.82, 2.24) is 0 Å². The first kappa shape index (κ1) is 46.0. The van der Waals surface area contributed by atoms with Crippen LogP contribution < -0.4 is 10.2 Å². The Morgan fingerprint density at radius 3 is 2.28 bits per heavy atom. The number of anilines is 3. The first-order chi connectivity index (χ1) is 25.9. The quantitative estimate of drug-likeness (QED) is 0.126. The van der Waals surface area contributed by atoms with E-state index in [9.17, 15) is 13.9 Å². The molecule has 2 saturated carbocycles. The number of benzene rings is 2. The molecular formula is C44H70F2N2O5S. The Morgan fingerprint density at radius 1 is 1.06 bits per heavy atom. The van der Waals surface area contributed by atoms with E-state index in [0.29, 0.717) is 42.6 Å².